The van der Waals surface area contributed by atoms with Crippen LogP contribution in [0.1, 0.15) is 129 Å². The lowest BCUT2D eigenvalue weighted by atomic mass is 10.0. The number of quaternary nitrogens is 1. The Morgan fingerprint density at radius 2 is 0.833 bits per heavy atom. The molecule has 5 heteroatoms. The summed E-state index contributed by atoms with van der Waals surface area (Å²) in [6.07, 6.45) is 25.6. The number of unbranched alkanes of at least 4 members (excludes halogenated alkanes) is 17. The Morgan fingerprint density at radius 1 is 0.533 bits per heavy atom. The van der Waals surface area contributed by atoms with E-state index in [-0.39, 0.29) is 5.75 Å². The van der Waals surface area contributed by atoms with Gasteiger partial charge in [0, 0.05) is 6.42 Å². The SMILES string of the molecule is CCCCCCCCCCCCCCCCCCCC[N+](C)(C)CCCS(=O)(=O)O. The third-order valence-electron chi connectivity index (χ3n) is 6.28. The summed E-state index contributed by atoms with van der Waals surface area (Å²) in [7, 11) is 0.491. The van der Waals surface area contributed by atoms with Crippen molar-refractivity contribution in [2.24, 2.45) is 0 Å². The van der Waals surface area contributed by atoms with Crippen LogP contribution in [-0.4, -0.2) is 50.4 Å². The predicted octanol–water partition coefficient (Wildman–Crippen LogP) is 7.38. The average Bonchev–Trinajstić information content (AvgIpc) is 2.65. The van der Waals surface area contributed by atoms with Crippen LogP contribution in [0.15, 0.2) is 0 Å². The van der Waals surface area contributed by atoms with E-state index in [1.165, 1.54) is 116 Å². The van der Waals surface area contributed by atoms with E-state index in [0.717, 1.165) is 17.6 Å². The number of rotatable bonds is 23. The highest BCUT2D eigenvalue weighted by atomic mass is 32.2. The molecule has 0 heterocycles. The summed E-state index contributed by atoms with van der Waals surface area (Å²) >= 11 is 0. The first kappa shape index (κ1) is 29.9. The van der Waals surface area contributed by atoms with Crippen molar-refractivity contribution in [3.8, 4) is 0 Å². The van der Waals surface area contributed by atoms with Gasteiger partial charge in [-0.15, -0.1) is 0 Å². The van der Waals surface area contributed by atoms with Crippen LogP contribution in [0, 0.1) is 0 Å². The van der Waals surface area contributed by atoms with Gasteiger partial charge in [-0.1, -0.05) is 110 Å². The third kappa shape index (κ3) is 24.1. The maximum atomic E-state index is 10.8. The van der Waals surface area contributed by atoms with Crippen molar-refractivity contribution in [1.82, 2.24) is 0 Å². The van der Waals surface area contributed by atoms with Crippen molar-refractivity contribution in [3.63, 3.8) is 0 Å². The monoisotopic (exact) mass is 448 g/mol. The van der Waals surface area contributed by atoms with Crippen LogP contribution in [0.4, 0.5) is 0 Å². The van der Waals surface area contributed by atoms with E-state index in [0.29, 0.717) is 6.42 Å². The zero-order valence-electron chi connectivity index (χ0n) is 20.7. The van der Waals surface area contributed by atoms with Gasteiger partial charge in [0.15, 0.2) is 0 Å². The van der Waals surface area contributed by atoms with E-state index < -0.39 is 10.1 Å². The normalized spacial score (nSPS) is 12.5. The second-order valence-electron chi connectivity index (χ2n) is 10.0. The molecular weight excluding hydrogens is 394 g/mol. The summed E-state index contributed by atoms with van der Waals surface area (Å²) in [6, 6.07) is 0. The molecule has 0 amide bonds. The van der Waals surface area contributed by atoms with Crippen molar-refractivity contribution in [1.29, 1.82) is 0 Å². The van der Waals surface area contributed by atoms with Crippen LogP contribution < -0.4 is 0 Å². The fourth-order valence-electron chi connectivity index (χ4n) is 4.23. The zero-order chi connectivity index (χ0) is 22.6. The molecule has 0 spiro atoms. The van der Waals surface area contributed by atoms with Gasteiger partial charge >= 0.3 is 0 Å². The highest BCUT2D eigenvalue weighted by Gasteiger charge is 2.16. The van der Waals surface area contributed by atoms with Crippen LogP contribution in [0.25, 0.3) is 0 Å². The lowest BCUT2D eigenvalue weighted by Gasteiger charge is -2.29. The van der Waals surface area contributed by atoms with Crippen molar-refractivity contribution in [2.45, 2.75) is 129 Å². The standard InChI is InChI=1S/C25H53NO3S/c1-4-5-6-7-8-9-10-11-12-13-14-15-16-17-18-19-20-21-23-26(2,3)24-22-25-30(27,28)29/h4-25H2,1-3H3/p+1. The van der Waals surface area contributed by atoms with Crippen LogP contribution in [0.2, 0.25) is 0 Å². The molecule has 0 saturated carbocycles. The lowest BCUT2D eigenvalue weighted by molar-refractivity contribution is -0.890. The summed E-state index contributed by atoms with van der Waals surface area (Å²) < 4.78 is 31.3. The lowest BCUT2D eigenvalue weighted by Crippen LogP contribution is -2.41. The van der Waals surface area contributed by atoms with Gasteiger partial charge in [-0.2, -0.15) is 8.42 Å². The number of hydrogen-bond acceptors (Lipinski definition) is 2. The maximum absolute atomic E-state index is 10.8. The highest BCUT2D eigenvalue weighted by molar-refractivity contribution is 7.85. The second kappa shape index (κ2) is 19.5. The minimum atomic E-state index is -3.81. The van der Waals surface area contributed by atoms with Gasteiger partial charge in [0.05, 0.1) is 32.9 Å². The van der Waals surface area contributed by atoms with Crippen molar-refractivity contribution < 1.29 is 17.5 Å². The van der Waals surface area contributed by atoms with Crippen molar-refractivity contribution in [3.05, 3.63) is 0 Å². The molecule has 4 nitrogen and oxygen atoms in total. The molecule has 0 aromatic heterocycles. The Hall–Kier alpha value is -0.130. The maximum Gasteiger partial charge on any atom is 0.265 e. The van der Waals surface area contributed by atoms with E-state index >= 15 is 0 Å². The van der Waals surface area contributed by atoms with E-state index in [4.69, 9.17) is 4.55 Å². The second-order valence-corrected chi connectivity index (χ2v) is 11.6. The molecule has 0 atom stereocenters. The summed E-state index contributed by atoms with van der Waals surface area (Å²) in [4.78, 5) is 0. The molecule has 182 valence electrons. The fraction of sp³-hybridized carbons (Fsp3) is 1.00. The van der Waals surface area contributed by atoms with Gasteiger partial charge in [0.1, 0.15) is 0 Å². The molecule has 0 aromatic carbocycles. The van der Waals surface area contributed by atoms with E-state index in [9.17, 15) is 8.42 Å². The number of nitrogens with zero attached hydrogens (tertiary/aromatic N) is 1. The molecule has 0 saturated heterocycles. The molecular formula is C25H54NO3S+. The molecule has 0 aliphatic heterocycles. The molecule has 0 aliphatic rings. The zero-order valence-corrected chi connectivity index (χ0v) is 21.5. The summed E-state index contributed by atoms with van der Waals surface area (Å²) in [5.74, 6) is -0.117. The molecule has 0 bridgehead atoms. The van der Waals surface area contributed by atoms with Crippen LogP contribution in [0.5, 0.6) is 0 Å². The van der Waals surface area contributed by atoms with Crippen molar-refractivity contribution in [2.75, 3.05) is 32.9 Å². The molecule has 30 heavy (non-hydrogen) atoms. The molecule has 1 N–H and O–H groups in total. The van der Waals surface area contributed by atoms with E-state index in [2.05, 4.69) is 21.0 Å². The first-order chi connectivity index (χ1) is 14.3. The Bertz CT molecular complexity index is 463. The first-order valence-corrected chi connectivity index (χ1v) is 14.6. The number of hydrogen-bond donors (Lipinski definition) is 1. The van der Waals surface area contributed by atoms with Gasteiger partial charge in [-0.05, 0) is 12.8 Å². The van der Waals surface area contributed by atoms with Gasteiger partial charge in [0.2, 0.25) is 0 Å². The Morgan fingerprint density at radius 3 is 1.17 bits per heavy atom. The van der Waals surface area contributed by atoms with E-state index in [1.54, 1.807) is 0 Å². The summed E-state index contributed by atoms with van der Waals surface area (Å²) in [6.45, 7) is 4.17. The minimum Gasteiger partial charge on any atom is -0.328 e. The van der Waals surface area contributed by atoms with Gasteiger partial charge in [-0.3, -0.25) is 4.55 Å². The Balaban J connectivity index is 3.27. The predicted molar refractivity (Wildman–Crippen MR) is 132 cm³/mol. The Kier molecular flexibility index (Phi) is 19.5. The summed E-state index contributed by atoms with van der Waals surface area (Å²) in [5.41, 5.74) is 0. The fourth-order valence-corrected chi connectivity index (χ4v) is 4.72. The van der Waals surface area contributed by atoms with Crippen LogP contribution in [0.3, 0.4) is 0 Å². The minimum absolute atomic E-state index is 0.117. The first-order valence-electron chi connectivity index (χ1n) is 13.0. The molecule has 0 aromatic rings. The Labute approximate surface area is 189 Å². The van der Waals surface area contributed by atoms with Gasteiger partial charge < -0.3 is 4.48 Å². The van der Waals surface area contributed by atoms with E-state index in [1.807, 2.05) is 0 Å². The van der Waals surface area contributed by atoms with Gasteiger partial charge in [0.25, 0.3) is 10.1 Å². The quantitative estimate of drug-likeness (QED) is 0.101. The molecule has 0 radical (unpaired) electrons. The van der Waals surface area contributed by atoms with Crippen LogP contribution in [-0.2, 0) is 10.1 Å². The van der Waals surface area contributed by atoms with Crippen molar-refractivity contribution >= 4 is 10.1 Å². The van der Waals surface area contributed by atoms with Gasteiger partial charge in [-0.25, -0.2) is 0 Å². The smallest absolute Gasteiger partial charge is 0.265 e. The highest BCUT2D eigenvalue weighted by Crippen LogP contribution is 2.14. The molecule has 0 aliphatic carbocycles. The average molecular weight is 449 g/mol. The largest absolute Gasteiger partial charge is 0.328 e. The molecule has 0 fully saturated rings. The third-order valence-corrected chi connectivity index (χ3v) is 7.09. The molecule has 0 rings (SSSR count). The topological polar surface area (TPSA) is 54.4 Å². The molecule has 0 unspecified atom stereocenters. The van der Waals surface area contributed by atoms with Crippen LogP contribution >= 0.6 is 0 Å². The summed E-state index contributed by atoms with van der Waals surface area (Å²) in [5, 5.41) is 0.